The van der Waals surface area contributed by atoms with Gasteiger partial charge in [-0.25, -0.2) is 4.98 Å². The number of benzene rings is 2. The maximum absolute atomic E-state index is 5.09. The molecule has 0 unspecified atom stereocenters. The quantitative estimate of drug-likeness (QED) is 0.470. The summed E-state index contributed by atoms with van der Waals surface area (Å²) < 4.78 is 2.26. The summed E-state index contributed by atoms with van der Waals surface area (Å²) in [7, 11) is 2.11. The molecule has 3 heterocycles. The minimum absolute atomic E-state index is 0.127. The van der Waals surface area contributed by atoms with E-state index < -0.39 is 0 Å². The van der Waals surface area contributed by atoms with E-state index in [0.717, 1.165) is 22.7 Å². The van der Waals surface area contributed by atoms with Crippen molar-refractivity contribution in [3.05, 3.63) is 78.8 Å². The Kier molecular flexibility index (Phi) is 3.53. The molecule has 0 fully saturated rings. The number of hydrogen-bond acceptors (Lipinski definition) is 3. The molecule has 0 radical (unpaired) electrons. The maximum atomic E-state index is 5.09. The summed E-state index contributed by atoms with van der Waals surface area (Å²) in [5.41, 5.74) is 5.37. The summed E-state index contributed by atoms with van der Waals surface area (Å²) in [5, 5.41) is 2.41. The Bertz CT molecular complexity index is 1220. The molecule has 0 saturated carbocycles. The first-order chi connectivity index (χ1) is 13.5. The van der Waals surface area contributed by atoms with Gasteiger partial charge in [-0.1, -0.05) is 36.4 Å². The zero-order valence-corrected chi connectivity index (χ0v) is 16.7. The standard InChI is InChI=1S/C24H24N4/c1-17-22(27-15-14-26(4)24(27,2)3)16-20-19-12-8-9-13-21(19)28(23(20)25-17)18-10-6-5-7-11-18/h5-16H,1-4H3. The molecule has 0 aliphatic carbocycles. The summed E-state index contributed by atoms with van der Waals surface area (Å²) >= 11 is 0. The number of aromatic nitrogens is 2. The normalized spacial score (nSPS) is 15.9. The van der Waals surface area contributed by atoms with Crippen molar-refractivity contribution in [3.8, 4) is 5.69 Å². The number of pyridine rings is 1. The van der Waals surface area contributed by atoms with Crippen LogP contribution in [0.2, 0.25) is 0 Å². The Morgan fingerprint density at radius 1 is 0.857 bits per heavy atom. The molecule has 0 saturated heterocycles. The molecule has 5 rings (SSSR count). The van der Waals surface area contributed by atoms with Gasteiger partial charge in [-0.15, -0.1) is 0 Å². The van der Waals surface area contributed by atoms with Gasteiger partial charge in [0.1, 0.15) is 11.3 Å². The largest absolute Gasteiger partial charge is 0.357 e. The van der Waals surface area contributed by atoms with Crippen LogP contribution in [0, 0.1) is 6.92 Å². The molecule has 0 spiro atoms. The second-order valence-electron chi connectivity index (χ2n) is 7.93. The molecule has 4 nitrogen and oxygen atoms in total. The zero-order chi connectivity index (χ0) is 19.5. The fourth-order valence-corrected chi connectivity index (χ4v) is 4.12. The van der Waals surface area contributed by atoms with E-state index in [1.807, 2.05) is 6.07 Å². The predicted octanol–water partition coefficient (Wildman–Crippen LogP) is 5.45. The van der Waals surface area contributed by atoms with Crippen molar-refractivity contribution in [3.63, 3.8) is 0 Å². The van der Waals surface area contributed by atoms with Crippen LogP contribution in [0.5, 0.6) is 0 Å². The molecule has 0 atom stereocenters. The molecule has 0 amide bonds. The number of fused-ring (bicyclic) bond motifs is 3. The van der Waals surface area contributed by atoms with Crippen molar-refractivity contribution in [2.75, 3.05) is 11.9 Å². The topological polar surface area (TPSA) is 24.3 Å². The molecule has 1 aliphatic rings. The Balaban J connectivity index is 1.83. The number of para-hydroxylation sites is 2. The molecular weight excluding hydrogens is 344 g/mol. The van der Waals surface area contributed by atoms with Crippen LogP contribution in [0.1, 0.15) is 19.5 Å². The van der Waals surface area contributed by atoms with E-state index in [2.05, 4.69) is 109 Å². The zero-order valence-electron chi connectivity index (χ0n) is 16.7. The molecular formula is C24H24N4. The van der Waals surface area contributed by atoms with Crippen LogP contribution >= 0.6 is 0 Å². The van der Waals surface area contributed by atoms with E-state index in [4.69, 9.17) is 4.98 Å². The third-order valence-corrected chi connectivity index (χ3v) is 5.98. The molecule has 28 heavy (non-hydrogen) atoms. The van der Waals surface area contributed by atoms with Gasteiger partial charge in [0.15, 0.2) is 0 Å². The van der Waals surface area contributed by atoms with E-state index in [1.54, 1.807) is 0 Å². The van der Waals surface area contributed by atoms with E-state index in [1.165, 1.54) is 16.3 Å². The minimum Gasteiger partial charge on any atom is -0.357 e. The van der Waals surface area contributed by atoms with E-state index in [-0.39, 0.29) is 5.66 Å². The summed E-state index contributed by atoms with van der Waals surface area (Å²) in [6, 6.07) is 21.3. The lowest BCUT2D eigenvalue weighted by atomic mass is 10.1. The maximum Gasteiger partial charge on any atom is 0.146 e. The first kappa shape index (κ1) is 16.9. The van der Waals surface area contributed by atoms with Crippen LogP contribution in [-0.2, 0) is 0 Å². The number of nitrogens with zero attached hydrogens (tertiary/aromatic N) is 4. The highest BCUT2D eigenvalue weighted by atomic mass is 15.4. The van der Waals surface area contributed by atoms with Gasteiger partial charge in [0.2, 0.25) is 0 Å². The SMILES string of the molecule is Cc1nc2c(cc1N1C=CN(C)C1(C)C)c1ccccc1n2-c1ccccc1. The average molecular weight is 368 g/mol. The van der Waals surface area contributed by atoms with Crippen LogP contribution in [0.3, 0.4) is 0 Å². The first-order valence-electron chi connectivity index (χ1n) is 9.65. The molecule has 0 bridgehead atoms. The molecule has 0 N–H and O–H groups in total. The lowest BCUT2D eigenvalue weighted by Gasteiger charge is -2.38. The van der Waals surface area contributed by atoms with Gasteiger partial charge in [-0.2, -0.15) is 0 Å². The highest BCUT2D eigenvalue weighted by molar-refractivity contribution is 6.09. The number of anilines is 1. The molecule has 2 aromatic carbocycles. The van der Waals surface area contributed by atoms with Crippen LogP contribution < -0.4 is 4.90 Å². The molecule has 4 heteroatoms. The van der Waals surface area contributed by atoms with Crippen LogP contribution in [0.4, 0.5) is 5.69 Å². The minimum atomic E-state index is -0.127. The van der Waals surface area contributed by atoms with Gasteiger partial charge in [-0.3, -0.25) is 4.57 Å². The number of rotatable bonds is 2. The molecule has 140 valence electrons. The Hall–Kier alpha value is -3.27. The van der Waals surface area contributed by atoms with E-state index >= 15 is 0 Å². The van der Waals surface area contributed by atoms with Crippen molar-refractivity contribution in [2.24, 2.45) is 0 Å². The van der Waals surface area contributed by atoms with Gasteiger partial charge < -0.3 is 9.80 Å². The summed E-state index contributed by atoms with van der Waals surface area (Å²) in [6.07, 6.45) is 4.27. The van der Waals surface area contributed by atoms with E-state index in [0.29, 0.717) is 0 Å². The number of hydrogen-bond donors (Lipinski definition) is 0. The third-order valence-electron chi connectivity index (χ3n) is 5.98. The lowest BCUT2D eigenvalue weighted by molar-refractivity contribution is 0.253. The second kappa shape index (κ2) is 5.86. The molecule has 2 aromatic heterocycles. The van der Waals surface area contributed by atoms with Crippen molar-refractivity contribution < 1.29 is 0 Å². The van der Waals surface area contributed by atoms with Gasteiger partial charge in [-0.05, 0) is 45.0 Å². The third kappa shape index (κ3) is 2.27. The Morgan fingerprint density at radius 3 is 2.29 bits per heavy atom. The van der Waals surface area contributed by atoms with Gasteiger partial charge in [0, 0.05) is 35.9 Å². The lowest BCUT2D eigenvalue weighted by Crippen LogP contribution is -2.46. The Labute approximate surface area is 165 Å². The summed E-state index contributed by atoms with van der Waals surface area (Å²) in [6.45, 7) is 6.55. The fraction of sp³-hybridized carbons (Fsp3) is 0.208. The fourth-order valence-electron chi connectivity index (χ4n) is 4.12. The Morgan fingerprint density at radius 2 is 1.57 bits per heavy atom. The van der Waals surface area contributed by atoms with Gasteiger partial charge in [0.05, 0.1) is 16.9 Å². The predicted molar refractivity (Wildman–Crippen MR) is 117 cm³/mol. The van der Waals surface area contributed by atoms with Gasteiger partial charge >= 0.3 is 0 Å². The van der Waals surface area contributed by atoms with E-state index in [9.17, 15) is 0 Å². The molecule has 1 aliphatic heterocycles. The highest BCUT2D eigenvalue weighted by Gasteiger charge is 2.34. The van der Waals surface area contributed by atoms with Crippen molar-refractivity contribution in [1.29, 1.82) is 0 Å². The molecule has 4 aromatic rings. The van der Waals surface area contributed by atoms with Crippen molar-refractivity contribution >= 4 is 27.6 Å². The van der Waals surface area contributed by atoms with Crippen LogP contribution in [0.25, 0.3) is 27.6 Å². The monoisotopic (exact) mass is 368 g/mol. The van der Waals surface area contributed by atoms with Crippen molar-refractivity contribution in [1.82, 2.24) is 14.5 Å². The first-order valence-corrected chi connectivity index (χ1v) is 9.65. The van der Waals surface area contributed by atoms with Gasteiger partial charge in [0.25, 0.3) is 0 Å². The average Bonchev–Trinajstić information content (AvgIpc) is 3.15. The number of aryl methyl sites for hydroxylation is 1. The van der Waals surface area contributed by atoms with Crippen LogP contribution in [0.15, 0.2) is 73.1 Å². The van der Waals surface area contributed by atoms with Crippen molar-refractivity contribution in [2.45, 2.75) is 26.4 Å². The highest BCUT2D eigenvalue weighted by Crippen LogP contribution is 2.38. The summed E-state index contributed by atoms with van der Waals surface area (Å²) in [4.78, 5) is 9.63. The smallest absolute Gasteiger partial charge is 0.146 e. The summed E-state index contributed by atoms with van der Waals surface area (Å²) in [5.74, 6) is 0. The second-order valence-corrected chi connectivity index (χ2v) is 7.93. The van der Waals surface area contributed by atoms with Crippen LogP contribution in [-0.4, -0.2) is 27.2 Å².